The summed E-state index contributed by atoms with van der Waals surface area (Å²) in [6.45, 7) is 9.57. The molecule has 0 aromatic heterocycles. The van der Waals surface area contributed by atoms with Crippen molar-refractivity contribution in [2.24, 2.45) is 0 Å². The standard InChI is InChI=1S/C22H30O2Si/c1-5-19(16-17-23)18-24-25(22(2,3)4,20-12-8-6-9-13-20)21-14-10-7-11-15-21/h6-16,23H,5,17-18H2,1-4H3/b19-16+. The number of aliphatic hydroxyl groups excluding tert-OH is 1. The van der Waals surface area contributed by atoms with E-state index in [4.69, 9.17) is 4.43 Å². The SMILES string of the molecule is CC/C(=C\CO)CO[Si](c1ccccc1)(c1ccccc1)C(C)(C)C. The van der Waals surface area contributed by atoms with Gasteiger partial charge in [-0.05, 0) is 27.4 Å². The molecule has 25 heavy (non-hydrogen) atoms. The van der Waals surface area contributed by atoms with Crippen LogP contribution in [0.15, 0.2) is 72.3 Å². The molecular formula is C22H30O2Si. The lowest BCUT2D eigenvalue weighted by molar-refractivity contribution is 0.317. The smallest absolute Gasteiger partial charge is 0.261 e. The highest BCUT2D eigenvalue weighted by molar-refractivity contribution is 6.99. The average Bonchev–Trinajstić information content (AvgIpc) is 2.62. The summed E-state index contributed by atoms with van der Waals surface area (Å²) in [6.07, 6.45) is 2.76. The van der Waals surface area contributed by atoms with E-state index in [1.807, 2.05) is 6.08 Å². The van der Waals surface area contributed by atoms with Gasteiger partial charge in [-0.15, -0.1) is 0 Å². The van der Waals surface area contributed by atoms with Crippen molar-refractivity contribution in [2.75, 3.05) is 13.2 Å². The van der Waals surface area contributed by atoms with E-state index >= 15 is 0 Å². The molecule has 0 bridgehead atoms. The normalized spacial score (nSPS) is 13.1. The molecule has 1 N–H and O–H groups in total. The molecule has 0 amide bonds. The molecule has 0 saturated carbocycles. The van der Waals surface area contributed by atoms with Crippen molar-refractivity contribution in [3.8, 4) is 0 Å². The van der Waals surface area contributed by atoms with Gasteiger partial charge in [-0.1, -0.05) is 94.4 Å². The molecule has 0 fully saturated rings. The number of benzene rings is 2. The van der Waals surface area contributed by atoms with Crippen LogP contribution in [-0.2, 0) is 4.43 Å². The van der Waals surface area contributed by atoms with Crippen LogP contribution >= 0.6 is 0 Å². The molecule has 0 atom stereocenters. The average molecular weight is 355 g/mol. The Bertz CT molecular complexity index is 633. The van der Waals surface area contributed by atoms with Crippen LogP contribution in [0.2, 0.25) is 5.04 Å². The maximum absolute atomic E-state index is 9.27. The zero-order chi connectivity index (χ0) is 18.3. The highest BCUT2D eigenvalue weighted by atomic mass is 28.4. The summed E-state index contributed by atoms with van der Waals surface area (Å²) in [6, 6.07) is 21.3. The first-order valence-corrected chi connectivity index (χ1v) is 10.9. The Morgan fingerprint density at radius 3 is 1.80 bits per heavy atom. The summed E-state index contributed by atoms with van der Waals surface area (Å²) in [5.41, 5.74) is 1.15. The van der Waals surface area contributed by atoms with E-state index in [1.165, 1.54) is 10.4 Å². The van der Waals surface area contributed by atoms with Crippen LogP contribution in [0.4, 0.5) is 0 Å². The van der Waals surface area contributed by atoms with Gasteiger partial charge in [-0.3, -0.25) is 0 Å². The molecule has 0 aliphatic heterocycles. The molecule has 0 saturated heterocycles. The predicted molar refractivity (Wildman–Crippen MR) is 109 cm³/mol. The largest absolute Gasteiger partial charge is 0.403 e. The molecule has 134 valence electrons. The van der Waals surface area contributed by atoms with Gasteiger partial charge >= 0.3 is 0 Å². The zero-order valence-corrected chi connectivity index (χ0v) is 16.8. The number of aliphatic hydroxyl groups is 1. The van der Waals surface area contributed by atoms with Crippen molar-refractivity contribution in [3.63, 3.8) is 0 Å². The molecule has 0 aliphatic carbocycles. The predicted octanol–water partition coefficient (Wildman–Crippen LogP) is 3.89. The van der Waals surface area contributed by atoms with Crippen molar-refractivity contribution in [1.82, 2.24) is 0 Å². The van der Waals surface area contributed by atoms with E-state index in [-0.39, 0.29) is 11.6 Å². The Morgan fingerprint density at radius 2 is 1.44 bits per heavy atom. The topological polar surface area (TPSA) is 29.5 Å². The van der Waals surface area contributed by atoms with E-state index in [1.54, 1.807) is 0 Å². The molecular weight excluding hydrogens is 324 g/mol. The molecule has 3 heteroatoms. The lowest BCUT2D eigenvalue weighted by Crippen LogP contribution is -2.66. The summed E-state index contributed by atoms with van der Waals surface area (Å²) in [5.74, 6) is 0. The number of hydrogen-bond donors (Lipinski definition) is 1. The van der Waals surface area contributed by atoms with E-state index in [2.05, 4.69) is 88.4 Å². The van der Waals surface area contributed by atoms with Gasteiger partial charge in [0.2, 0.25) is 0 Å². The van der Waals surface area contributed by atoms with Crippen molar-refractivity contribution in [1.29, 1.82) is 0 Å². The van der Waals surface area contributed by atoms with E-state index in [0.29, 0.717) is 6.61 Å². The Labute approximate surface area is 153 Å². The zero-order valence-electron chi connectivity index (χ0n) is 15.8. The summed E-state index contributed by atoms with van der Waals surface area (Å²) >= 11 is 0. The van der Waals surface area contributed by atoms with Crippen LogP contribution in [-0.4, -0.2) is 26.6 Å². The lowest BCUT2D eigenvalue weighted by atomic mass is 10.2. The number of rotatable bonds is 7. The van der Waals surface area contributed by atoms with Crippen LogP contribution in [0.1, 0.15) is 34.1 Å². The first-order valence-electron chi connectivity index (χ1n) is 8.99. The van der Waals surface area contributed by atoms with Crippen LogP contribution in [0, 0.1) is 0 Å². The second-order valence-corrected chi connectivity index (χ2v) is 11.7. The Kier molecular flexibility index (Phi) is 6.76. The minimum Gasteiger partial charge on any atom is -0.403 e. The lowest BCUT2D eigenvalue weighted by Gasteiger charge is -2.43. The minimum atomic E-state index is -2.48. The van der Waals surface area contributed by atoms with Crippen LogP contribution in [0.3, 0.4) is 0 Å². The fourth-order valence-electron chi connectivity index (χ4n) is 3.40. The molecule has 0 aliphatic rings. The third kappa shape index (κ3) is 4.29. The van der Waals surface area contributed by atoms with Gasteiger partial charge in [0.1, 0.15) is 0 Å². The number of hydrogen-bond acceptors (Lipinski definition) is 2. The summed E-state index contributed by atoms with van der Waals surface area (Å²) in [7, 11) is -2.48. The van der Waals surface area contributed by atoms with Crippen molar-refractivity contribution in [2.45, 2.75) is 39.2 Å². The molecule has 0 unspecified atom stereocenters. The third-order valence-electron chi connectivity index (χ3n) is 4.72. The Morgan fingerprint density at radius 1 is 0.960 bits per heavy atom. The second-order valence-electron chi connectivity index (χ2n) is 7.35. The van der Waals surface area contributed by atoms with Crippen LogP contribution in [0.5, 0.6) is 0 Å². The van der Waals surface area contributed by atoms with E-state index in [0.717, 1.165) is 12.0 Å². The quantitative estimate of drug-likeness (QED) is 0.604. The van der Waals surface area contributed by atoms with Gasteiger partial charge in [0, 0.05) is 0 Å². The maximum atomic E-state index is 9.27. The van der Waals surface area contributed by atoms with Gasteiger partial charge in [0.25, 0.3) is 8.32 Å². The second kappa shape index (κ2) is 8.61. The minimum absolute atomic E-state index is 0.0201. The van der Waals surface area contributed by atoms with Gasteiger partial charge in [0.15, 0.2) is 0 Å². The fourth-order valence-corrected chi connectivity index (χ4v) is 7.95. The van der Waals surface area contributed by atoms with Crippen LogP contribution in [0.25, 0.3) is 0 Å². The van der Waals surface area contributed by atoms with Gasteiger partial charge in [-0.2, -0.15) is 0 Å². The van der Waals surface area contributed by atoms with Gasteiger partial charge < -0.3 is 9.53 Å². The molecule has 2 aromatic carbocycles. The Hall–Kier alpha value is -1.68. The first-order chi connectivity index (χ1) is 12.0. The highest BCUT2D eigenvalue weighted by Crippen LogP contribution is 2.37. The molecule has 2 aromatic rings. The molecule has 0 radical (unpaired) electrons. The maximum Gasteiger partial charge on any atom is 0.261 e. The van der Waals surface area contributed by atoms with Gasteiger partial charge in [-0.25, -0.2) is 0 Å². The fraction of sp³-hybridized carbons (Fsp3) is 0.364. The monoisotopic (exact) mass is 354 g/mol. The van der Waals surface area contributed by atoms with Gasteiger partial charge in [0.05, 0.1) is 13.2 Å². The van der Waals surface area contributed by atoms with Crippen molar-refractivity contribution in [3.05, 3.63) is 72.3 Å². The van der Waals surface area contributed by atoms with E-state index < -0.39 is 8.32 Å². The van der Waals surface area contributed by atoms with Crippen molar-refractivity contribution < 1.29 is 9.53 Å². The van der Waals surface area contributed by atoms with E-state index in [9.17, 15) is 5.11 Å². The first kappa shape index (κ1) is 19.6. The molecule has 0 heterocycles. The highest BCUT2D eigenvalue weighted by Gasteiger charge is 2.50. The van der Waals surface area contributed by atoms with Crippen molar-refractivity contribution >= 4 is 18.7 Å². The van der Waals surface area contributed by atoms with Crippen LogP contribution < -0.4 is 10.4 Å². The molecule has 2 nitrogen and oxygen atoms in total. The molecule has 0 spiro atoms. The third-order valence-corrected chi connectivity index (χ3v) is 9.71. The Balaban J connectivity index is 2.58. The summed E-state index contributed by atoms with van der Waals surface area (Å²) < 4.78 is 6.83. The summed E-state index contributed by atoms with van der Waals surface area (Å²) in [4.78, 5) is 0. The summed E-state index contributed by atoms with van der Waals surface area (Å²) in [5, 5.41) is 11.8. The molecule has 2 rings (SSSR count).